The molecular formula is C24H32N4O2. The van der Waals surface area contributed by atoms with Gasteiger partial charge in [-0.3, -0.25) is 9.59 Å². The van der Waals surface area contributed by atoms with Gasteiger partial charge in [-0.25, -0.2) is 4.98 Å². The average molecular weight is 409 g/mol. The minimum absolute atomic E-state index is 0.00644. The Kier molecular flexibility index (Phi) is 6.04. The molecule has 4 rings (SSSR count). The molecule has 1 fully saturated rings. The van der Waals surface area contributed by atoms with E-state index in [4.69, 9.17) is 4.98 Å². The lowest BCUT2D eigenvalue weighted by Crippen LogP contribution is -2.37. The molecule has 0 bridgehead atoms. The van der Waals surface area contributed by atoms with Gasteiger partial charge in [-0.1, -0.05) is 37.5 Å². The summed E-state index contributed by atoms with van der Waals surface area (Å²) < 4.78 is 0. The lowest BCUT2D eigenvalue weighted by molar-refractivity contribution is 0.0652. The first-order valence-electron chi connectivity index (χ1n) is 11.2. The van der Waals surface area contributed by atoms with Gasteiger partial charge in [0.05, 0.1) is 11.1 Å². The fraction of sp³-hybridized carbons (Fsp3) is 0.542. The molecule has 0 unspecified atom stereocenters. The number of hydrogen-bond acceptors (Lipinski definition) is 4. The smallest absolute Gasteiger partial charge is 0.273 e. The summed E-state index contributed by atoms with van der Waals surface area (Å²) in [5.74, 6) is 0.000497. The fourth-order valence-electron chi connectivity index (χ4n) is 4.77. The quantitative estimate of drug-likeness (QED) is 0.734. The molecule has 2 aromatic rings. The zero-order chi connectivity index (χ0) is 21.3. The van der Waals surface area contributed by atoms with E-state index in [-0.39, 0.29) is 17.9 Å². The molecule has 2 aliphatic rings. The highest BCUT2D eigenvalue weighted by Gasteiger charge is 2.38. The van der Waals surface area contributed by atoms with E-state index in [0.717, 1.165) is 35.9 Å². The number of para-hydroxylation sites is 1. The summed E-state index contributed by atoms with van der Waals surface area (Å²) in [6.45, 7) is 4.62. The fourth-order valence-corrected chi connectivity index (χ4v) is 4.77. The number of rotatable bonds is 6. The predicted molar refractivity (Wildman–Crippen MR) is 119 cm³/mol. The van der Waals surface area contributed by atoms with Gasteiger partial charge in [-0.05, 0) is 39.9 Å². The van der Waals surface area contributed by atoms with E-state index in [1.807, 2.05) is 55.1 Å². The third kappa shape index (κ3) is 3.81. The van der Waals surface area contributed by atoms with Crippen molar-refractivity contribution in [1.82, 2.24) is 19.7 Å². The molecule has 0 saturated heterocycles. The first-order chi connectivity index (χ1) is 14.5. The highest BCUT2D eigenvalue weighted by Crippen LogP contribution is 2.35. The Morgan fingerprint density at radius 1 is 1.13 bits per heavy atom. The molecular weight excluding hydrogens is 376 g/mol. The predicted octanol–water partition coefficient (Wildman–Crippen LogP) is 3.55. The van der Waals surface area contributed by atoms with Crippen LogP contribution in [0.2, 0.25) is 0 Å². The Hall–Kier alpha value is -2.47. The van der Waals surface area contributed by atoms with E-state index < -0.39 is 0 Å². The number of carbonyl (C=O) groups is 2. The van der Waals surface area contributed by atoms with Crippen molar-refractivity contribution in [1.29, 1.82) is 0 Å². The largest absolute Gasteiger partial charge is 0.338 e. The van der Waals surface area contributed by atoms with Crippen molar-refractivity contribution in [2.75, 3.05) is 33.7 Å². The molecule has 1 aromatic carbocycles. The molecule has 6 nitrogen and oxygen atoms in total. The molecule has 0 atom stereocenters. The van der Waals surface area contributed by atoms with Crippen LogP contribution >= 0.6 is 0 Å². The van der Waals surface area contributed by atoms with Gasteiger partial charge in [0.2, 0.25) is 0 Å². The van der Waals surface area contributed by atoms with E-state index in [1.54, 1.807) is 0 Å². The van der Waals surface area contributed by atoms with Crippen LogP contribution in [-0.4, -0.2) is 71.3 Å². The van der Waals surface area contributed by atoms with E-state index in [0.29, 0.717) is 30.9 Å². The number of pyridine rings is 1. The molecule has 2 heterocycles. The summed E-state index contributed by atoms with van der Waals surface area (Å²) in [5.41, 5.74) is 2.69. The van der Waals surface area contributed by atoms with Crippen LogP contribution in [-0.2, 0) is 6.54 Å². The number of likely N-dealkylation sites (N-methyl/N-ethyl adjacent to an activating group) is 2. The topological polar surface area (TPSA) is 56.8 Å². The third-order valence-electron chi connectivity index (χ3n) is 6.50. The summed E-state index contributed by atoms with van der Waals surface area (Å²) in [5, 5.41) is 0.850. The molecule has 0 N–H and O–H groups in total. The van der Waals surface area contributed by atoms with E-state index >= 15 is 0 Å². The first kappa shape index (κ1) is 20.8. The van der Waals surface area contributed by atoms with Gasteiger partial charge in [-0.2, -0.15) is 0 Å². The minimum atomic E-state index is -0.00644. The van der Waals surface area contributed by atoms with Crippen molar-refractivity contribution < 1.29 is 9.59 Å². The second-order valence-corrected chi connectivity index (χ2v) is 8.74. The van der Waals surface area contributed by atoms with Crippen molar-refractivity contribution in [3.63, 3.8) is 0 Å². The SMILES string of the molecule is CCN(CCN(C)C)C(=O)c1c2c(nc3ccccc13)C(=O)N(C1CCCCC1)C2. The Morgan fingerprint density at radius 3 is 2.57 bits per heavy atom. The van der Waals surface area contributed by atoms with Crippen molar-refractivity contribution in [2.45, 2.75) is 51.6 Å². The Labute approximate surface area is 178 Å². The normalized spacial score (nSPS) is 17.1. The van der Waals surface area contributed by atoms with Crippen LogP contribution in [0.4, 0.5) is 0 Å². The van der Waals surface area contributed by atoms with Crippen LogP contribution in [0, 0.1) is 0 Å². The van der Waals surface area contributed by atoms with Gasteiger partial charge in [-0.15, -0.1) is 0 Å². The summed E-state index contributed by atoms with van der Waals surface area (Å²) in [6, 6.07) is 7.99. The highest BCUT2D eigenvalue weighted by molar-refractivity contribution is 6.11. The number of fused-ring (bicyclic) bond motifs is 2. The third-order valence-corrected chi connectivity index (χ3v) is 6.50. The number of aromatic nitrogens is 1. The molecule has 30 heavy (non-hydrogen) atoms. The monoisotopic (exact) mass is 408 g/mol. The van der Waals surface area contributed by atoms with Crippen molar-refractivity contribution in [3.8, 4) is 0 Å². The molecule has 160 valence electrons. The lowest BCUT2D eigenvalue weighted by Gasteiger charge is -2.30. The maximum Gasteiger partial charge on any atom is 0.273 e. The van der Waals surface area contributed by atoms with E-state index in [1.165, 1.54) is 19.3 Å². The van der Waals surface area contributed by atoms with Crippen molar-refractivity contribution >= 4 is 22.7 Å². The zero-order valence-corrected chi connectivity index (χ0v) is 18.4. The molecule has 1 aliphatic heterocycles. The Morgan fingerprint density at radius 2 is 1.87 bits per heavy atom. The number of hydrogen-bond donors (Lipinski definition) is 0. The maximum atomic E-state index is 13.7. The van der Waals surface area contributed by atoms with Crippen molar-refractivity contribution in [3.05, 3.63) is 41.1 Å². The second kappa shape index (κ2) is 8.72. The standard InChI is InChI=1S/C24H32N4O2/c1-4-27(15-14-26(2)3)23(29)21-18-12-8-9-13-20(18)25-22-19(21)16-28(24(22)30)17-10-6-5-7-11-17/h8-9,12-13,17H,4-7,10-11,14-16H2,1-3H3. The first-order valence-corrected chi connectivity index (χ1v) is 11.2. The molecule has 1 aliphatic carbocycles. The van der Waals surface area contributed by atoms with Crippen molar-refractivity contribution in [2.24, 2.45) is 0 Å². The summed E-state index contributed by atoms with van der Waals surface area (Å²) >= 11 is 0. The summed E-state index contributed by atoms with van der Waals surface area (Å²) in [7, 11) is 4.02. The lowest BCUT2D eigenvalue weighted by atomic mass is 9.94. The van der Waals surface area contributed by atoms with Gasteiger partial charge >= 0.3 is 0 Å². The number of amides is 2. The van der Waals surface area contributed by atoms with Gasteiger partial charge in [0.15, 0.2) is 0 Å². The van der Waals surface area contributed by atoms with Crippen LogP contribution in [0.1, 0.15) is 65.4 Å². The number of benzene rings is 1. The molecule has 2 amide bonds. The Balaban J connectivity index is 1.76. The number of nitrogens with zero attached hydrogens (tertiary/aromatic N) is 4. The second-order valence-electron chi connectivity index (χ2n) is 8.74. The maximum absolute atomic E-state index is 13.7. The zero-order valence-electron chi connectivity index (χ0n) is 18.4. The minimum Gasteiger partial charge on any atom is -0.338 e. The molecule has 0 spiro atoms. The van der Waals surface area contributed by atoms with Crippen LogP contribution in [0.25, 0.3) is 10.9 Å². The summed E-state index contributed by atoms with van der Waals surface area (Å²) in [6.07, 6.45) is 5.67. The molecule has 6 heteroatoms. The van der Waals surface area contributed by atoms with Gasteiger partial charge < -0.3 is 14.7 Å². The van der Waals surface area contributed by atoms with Crippen LogP contribution in [0.15, 0.2) is 24.3 Å². The van der Waals surface area contributed by atoms with Gasteiger partial charge in [0, 0.05) is 43.2 Å². The molecule has 0 radical (unpaired) electrons. The van der Waals surface area contributed by atoms with E-state index in [2.05, 4.69) is 4.90 Å². The average Bonchev–Trinajstić information content (AvgIpc) is 3.08. The van der Waals surface area contributed by atoms with Crippen LogP contribution < -0.4 is 0 Å². The molecule has 1 saturated carbocycles. The van der Waals surface area contributed by atoms with E-state index in [9.17, 15) is 9.59 Å². The Bertz CT molecular complexity index is 950. The van der Waals surface area contributed by atoms with Crippen LogP contribution in [0.5, 0.6) is 0 Å². The van der Waals surface area contributed by atoms with Gasteiger partial charge in [0.25, 0.3) is 11.8 Å². The highest BCUT2D eigenvalue weighted by atomic mass is 16.2. The van der Waals surface area contributed by atoms with Crippen LogP contribution in [0.3, 0.4) is 0 Å². The molecule has 1 aromatic heterocycles. The number of carbonyl (C=O) groups excluding carboxylic acids is 2. The van der Waals surface area contributed by atoms with Gasteiger partial charge in [0.1, 0.15) is 5.69 Å². The summed E-state index contributed by atoms with van der Waals surface area (Å²) in [4.78, 5) is 37.7.